The highest BCUT2D eigenvalue weighted by Gasteiger charge is 2.33. The summed E-state index contributed by atoms with van der Waals surface area (Å²) in [7, 11) is 0. The van der Waals surface area contributed by atoms with Crippen LogP contribution in [-0.4, -0.2) is 25.6 Å². The molecule has 2 heterocycles. The lowest BCUT2D eigenvalue weighted by atomic mass is 9.84. The summed E-state index contributed by atoms with van der Waals surface area (Å²) in [6, 6.07) is 15.2. The zero-order chi connectivity index (χ0) is 25.4. The molecule has 4 aromatic rings. The van der Waals surface area contributed by atoms with Crippen LogP contribution in [0.1, 0.15) is 74.7 Å². The first-order chi connectivity index (χ1) is 18.1. The van der Waals surface area contributed by atoms with Gasteiger partial charge in [0, 0.05) is 24.5 Å². The van der Waals surface area contributed by atoms with Crippen LogP contribution in [0.25, 0.3) is 22.3 Å². The summed E-state index contributed by atoms with van der Waals surface area (Å²) >= 11 is 0. The van der Waals surface area contributed by atoms with Crippen molar-refractivity contribution in [2.24, 2.45) is 5.73 Å². The van der Waals surface area contributed by atoms with Crippen molar-refractivity contribution >= 4 is 22.9 Å². The minimum absolute atomic E-state index is 0.115. The van der Waals surface area contributed by atoms with Crippen molar-refractivity contribution in [1.29, 1.82) is 0 Å². The first-order valence-electron chi connectivity index (χ1n) is 13.5. The molecule has 2 aliphatic rings. The highest BCUT2D eigenvalue weighted by Crippen LogP contribution is 2.40. The fraction of sp³-hybridized carbons (Fsp3) is 0.414. The number of benzene rings is 2. The van der Waals surface area contributed by atoms with E-state index in [-0.39, 0.29) is 23.7 Å². The molecule has 2 fully saturated rings. The summed E-state index contributed by atoms with van der Waals surface area (Å²) in [6.45, 7) is 0.559. The molecule has 8 heteroatoms. The molecule has 2 aromatic carbocycles. The molecule has 5 N–H and O–H groups in total. The van der Waals surface area contributed by atoms with Gasteiger partial charge in [-0.15, -0.1) is 0 Å². The van der Waals surface area contributed by atoms with E-state index in [2.05, 4.69) is 19.9 Å². The normalized spacial score (nSPS) is 20.5. The second-order valence-electron chi connectivity index (χ2n) is 10.5. The fourth-order valence-corrected chi connectivity index (χ4v) is 6.06. The van der Waals surface area contributed by atoms with Crippen LogP contribution >= 0.6 is 0 Å². The molecule has 37 heavy (non-hydrogen) atoms. The van der Waals surface area contributed by atoms with Crippen LogP contribution in [0.3, 0.4) is 0 Å². The molecule has 0 amide bonds. The number of hydrogen-bond acceptors (Lipinski definition) is 6. The molecule has 0 spiro atoms. The Morgan fingerprint density at radius 1 is 0.892 bits per heavy atom. The topological polar surface area (TPSA) is 108 Å². The standard InChI is InChI=1S/C29H34FN7/c30-21-7-5-6-20(16-21)19-14-12-18(13-15-19)17-33-26-25-28(36-29(32)35-26)37(22-8-1-2-9-22)27(34-25)23-10-3-4-11-24(23)31/h5-7,12-16,22-24H,1-4,8-11,17,31H2,(H3,32,33,35,36). The number of nitrogens with one attached hydrogen (secondary N) is 1. The Kier molecular flexibility index (Phi) is 6.50. The van der Waals surface area contributed by atoms with Crippen molar-refractivity contribution in [2.45, 2.75) is 75.9 Å². The van der Waals surface area contributed by atoms with E-state index in [1.54, 1.807) is 12.1 Å². The molecule has 0 bridgehead atoms. The fourth-order valence-electron chi connectivity index (χ4n) is 6.06. The first kappa shape index (κ1) is 23.9. The van der Waals surface area contributed by atoms with E-state index in [0.717, 1.165) is 59.4 Å². The van der Waals surface area contributed by atoms with Gasteiger partial charge in [0.05, 0.1) is 0 Å². The molecule has 0 saturated heterocycles. The third-order valence-corrected chi connectivity index (χ3v) is 8.00. The summed E-state index contributed by atoms with van der Waals surface area (Å²) in [5, 5.41) is 3.46. The van der Waals surface area contributed by atoms with Crippen LogP contribution in [0.4, 0.5) is 16.2 Å². The second-order valence-corrected chi connectivity index (χ2v) is 10.5. The van der Waals surface area contributed by atoms with Crippen LogP contribution in [0.5, 0.6) is 0 Å². The van der Waals surface area contributed by atoms with Gasteiger partial charge >= 0.3 is 0 Å². The van der Waals surface area contributed by atoms with Gasteiger partial charge in [-0.2, -0.15) is 9.97 Å². The van der Waals surface area contributed by atoms with Crippen LogP contribution in [0.2, 0.25) is 0 Å². The molecule has 7 nitrogen and oxygen atoms in total. The number of halogens is 1. The molecule has 0 aliphatic heterocycles. The lowest BCUT2D eigenvalue weighted by molar-refractivity contribution is 0.354. The SMILES string of the molecule is Nc1nc(NCc2ccc(-c3cccc(F)c3)cc2)c2nc(C3CCCCC3N)n(C3CCCC3)c2n1. The van der Waals surface area contributed by atoms with Crippen molar-refractivity contribution in [3.8, 4) is 11.1 Å². The van der Waals surface area contributed by atoms with Crippen molar-refractivity contribution in [3.63, 3.8) is 0 Å². The number of anilines is 2. The number of nitrogens with zero attached hydrogens (tertiary/aromatic N) is 4. The van der Waals surface area contributed by atoms with Gasteiger partial charge in [0.15, 0.2) is 17.0 Å². The lowest BCUT2D eigenvalue weighted by Gasteiger charge is -2.29. The molecule has 2 saturated carbocycles. The Morgan fingerprint density at radius 3 is 2.41 bits per heavy atom. The Hall–Kier alpha value is -3.52. The predicted molar refractivity (Wildman–Crippen MR) is 146 cm³/mol. The maximum Gasteiger partial charge on any atom is 0.224 e. The van der Waals surface area contributed by atoms with E-state index < -0.39 is 0 Å². The third kappa shape index (κ3) is 4.78. The summed E-state index contributed by atoms with van der Waals surface area (Å²) in [5.41, 5.74) is 17.3. The lowest BCUT2D eigenvalue weighted by Crippen LogP contribution is -2.33. The highest BCUT2D eigenvalue weighted by atomic mass is 19.1. The molecule has 192 valence electrons. The predicted octanol–water partition coefficient (Wildman–Crippen LogP) is 5.93. The Morgan fingerprint density at radius 2 is 1.65 bits per heavy atom. The number of rotatable bonds is 6. The number of hydrogen-bond donors (Lipinski definition) is 3. The Balaban J connectivity index is 1.31. The van der Waals surface area contributed by atoms with Crippen LogP contribution in [0, 0.1) is 5.82 Å². The number of fused-ring (bicyclic) bond motifs is 1. The van der Waals surface area contributed by atoms with Gasteiger partial charge in [-0.05, 0) is 54.5 Å². The van der Waals surface area contributed by atoms with Gasteiger partial charge in [0.25, 0.3) is 0 Å². The molecule has 6 rings (SSSR count). The first-order valence-corrected chi connectivity index (χ1v) is 13.5. The maximum atomic E-state index is 13.6. The maximum absolute atomic E-state index is 13.6. The van der Waals surface area contributed by atoms with Gasteiger partial charge < -0.3 is 21.4 Å². The Labute approximate surface area is 216 Å². The van der Waals surface area contributed by atoms with Gasteiger partial charge in [-0.25, -0.2) is 9.37 Å². The molecule has 0 radical (unpaired) electrons. The van der Waals surface area contributed by atoms with Crippen molar-refractivity contribution in [3.05, 3.63) is 65.7 Å². The summed E-state index contributed by atoms with van der Waals surface area (Å²) in [4.78, 5) is 14.4. The Bertz CT molecular complexity index is 1390. The zero-order valence-corrected chi connectivity index (χ0v) is 21.0. The minimum atomic E-state index is -0.237. The minimum Gasteiger partial charge on any atom is -0.368 e. The van der Waals surface area contributed by atoms with Gasteiger partial charge in [0.1, 0.15) is 11.6 Å². The molecular formula is C29H34FN7. The van der Waals surface area contributed by atoms with E-state index in [0.29, 0.717) is 18.4 Å². The molecular weight excluding hydrogens is 465 g/mol. The van der Waals surface area contributed by atoms with E-state index >= 15 is 0 Å². The van der Waals surface area contributed by atoms with Crippen LogP contribution in [0.15, 0.2) is 48.5 Å². The summed E-state index contributed by atoms with van der Waals surface area (Å²) in [6.07, 6.45) is 9.14. The third-order valence-electron chi connectivity index (χ3n) is 8.00. The second kappa shape index (κ2) is 10.1. The van der Waals surface area contributed by atoms with Crippen molar-refractivity contribution in [2.75, 3.05) is 11.1 Å². The average molecular weight is 500 g/mol. The monoisotopic (exact) mass is 499 g/mol. The van der Waals surface area contributed by atoms with Gasteiger partial charge in [-0.1, -0.05) is 62.1 Å². The summed E-state index contributed by atoms with van der Waals surface area (Å²) < 4.78 is 16.0. The van der Waals surface area contributed by atoms with E-state index in [1.807, 2.05) is 30.3 Å². The zero-order valence-electron chi connectivity index (χ0n) is 21.0. The van der Waals surface area contributed by atoms with Gasteiger partial charge in [-0.3, -0.25) is 0 Å². The number of nitrogen functional groups attached to an aromatic ring is 1. The van der Waals surface area contributed by atoms with Gasteiger partial charge in [0.2, 0.25) is 5.95 Å². The highest BCUT2D eigenvalue weighted by molar-refractivity contribution is 5.85. The number of nitrogens with two attached hydrogens (primary N) is 2. The van der Waals surface area contributed by atoms with Crippen molar-refractivity contribution in [1.82, 2.24) is 19.5 Å². The van der Waals surface area contributed by atoms with E-state index in [9.17, 15) is 4.39 Å². The quantitative estimate of drug-likeness (QED) is 0.304. The van der Waals surface area contributed by atoms with E-state index in [1.165, 1.54) is 31.7 Å². The molecule has 2 atom stereocenters. The number of imidazole rings is 1. The average Bonchev–Trinajstić information content (AvgIpc) is 3.56. The summed E-state index contributed by atoms with van der Waals surface area (Å²) in [5.74, 6) is 1.94. The largest absolute Gasteiger partial charge is 0.368 e. The van der Waals surface area contributed by atoms with E-state index in [4.69, 9.17) is 16.5 Å². The smallest absolute Gasteiger partial charge is 0.224 e. The molecule has 2 aliphatic carbocycles. The number of aromatic nitrogens is 4. The molecule has 2 unspecified atom stereocenters. The van der Waals surface area contributed by atoms with Crippen LogP contribution in [-0.2, 0) is 6.54 Å². The van der Waals surface area contributed by atoms with Crippen molar-refractivity contribution < 1.29 is 4.39 Å². The molecule has 2 aromatic heterocycles. The van der Waals surface area contributed by atoms with Crippen LogP contribution < -0.4 is 16.8 Å².